The van der Waals surface area contributed by atoms with Gasteiger partial charge in [-0.2, -0.15) is 18.4 Å². The third-order valence-electron chi connectivity index (χ3n) is 2.65. The van der Waals surface area contributed by atoms with Crippen LogP contribution in [0.25, 0.3) is 0 Å². The largest absolute Gasteiger partial charge is 0.484 e. The predicted octanol–water partition coefficient (Wildman–Crippen LogP) is 1.46. The standard InChI is InChI=1S/C12H11F3N2O2/c1-8(18)11(7-16,9-5-3-2-4-6-9)10(19)17-12(13,14)15/h2-6,8,18H,1H3,(H,17,19). The zero-order valence-corrected chi connectivity index (χ0v) is 9.90. The number of amides is 1. The number of aliphatic hydroxyl groups is 1. The Morgan fingerprint density at radius 3 is 2.26 bits per heavy atom. The molecule has 0 spiro atoms. The number of alkyl halides is 3. The molecule has 0 aliphatic rings. The first kappa shape index (κ1) is 15.0. The van der Waals surface area contributed by atoms with Crippen molar-refractivity contribution in [2.45, 2.75) is 24.7 Å². The average molecular weight is 272 g/mol. The lowest BCUT2D eigenvalue weighted by atomic mass is 9.76. The van der Waals surface area contributed by atoms with Crippen molar-refractivity contribution in [2.24, 2.45) is 0 Å². The Morgan fingerprint density at radius 2 is 1.89 bits per heavy atom. The minimum Gasteiger partial charge on any atom is -0.391 e. The molecule has 0 aromatic heterocycles. The minimum atomic E-state index is -4.97. The Kier molecular flexibility index (Phi) is 4.17. The van der Waals surface area contributed by atoms with Gasteiger partial charge in [0.25, 0.3) is 5.91 Å². The topological polar surface area (TPSA) is 73.1 Å². The van der Waals surface area contributed by atoms with Crippen molar-refractivity contribution in [3.8, 4) is 6.07 Å². The monoisotopic (exact) mass is 272 g/mol. The fourth-order valence-corrected chi connectivity index (χ4v) is 1.70. The normalized spacial score (nSPS) is 16.0. The van der Waals surface area contributed by atoms with Crippen LogP contribution in [0.2, 0.25) is 0 Å². The average Bonchev–Trinajstić information content (AvgIpc) is 2.29. The van der Waals surface area contributed by atoms with Gasteiger partial charge in [0.2, 0.25) is 0 Å². The van der Waals surface area contributed by atoms with Gasteiger partial charge in [-0.1, -0.05) is 30.3 Å². The third kappa shape index (κ3) is 3.03. The molecule has 1 rings (SSSR count). The van der Waals surface area contributed by atoms with E-state index in [1.165, 1.54) is 30.3 Å². The van der Waals surface area contributed by atoms with Gasteiger partial charge in [-0.25, -0.2) is 0 Å². The second kappa shape index (κ2) is 5.28. The van der Waals surface area contributed by atoms with Gasteiger partial charge in [-0.05, 0) is 12.5 Å². The van der Waals surface area contributed by atoms with Crippen LogP contribution in [0.15, 0.2) is 30.3 Å². The number of hydrogen-bond acceptors (Lipinski definition) is 3. The summed E-state index contributed by atoms with van der Waals surface area (Å²) in [6.07, 6.45) is -6.58. The van der Waals surface area contributed by atoms with Crippen LogP contribution in [0.5, 0.6) is 0 Å². The molecule has 0 saturated carbocycles. The number of carbonyl (C=O) groups excluding carboxylic acids is 1. The first-order chi connectivity index (χ1) is 8.74. The SMILES string of the molecule is CC(O)C(C#N)(C(=O)NC(F)(F)F)c1ccccc1. The van der Waals surface area contributed by atoms with Crippen LogP contribution in [-0.4, -0.2) is 23.4 Å². The van der Waals surface area contributed by atoms with Gasteiger partial charge >= 0.3 is 6.30 Å². The van der Waals surface area contributed by atoms with Gasteiger partial charge in [0.15, 0.2) is 5.41 Å². The molecule has 2 atom stereocenters. The Labute approximate surface area is 107 Å². The Morgan fingerprint density at radius 1 is 1.37 bits per heavy atom. The smallest absolute Gasteiger partial charge is 0.391 e. The maximum atomic E-state index is 12.2. The van der Waals surface area contributed by atoms with E-state index in [2.05, 4.69) is 0 Å². The molecule has 0 bridgehead atoms. The summed E-state index contributed by atoms with van der Waals surface area (Å²) >= 11 is 0. The van der Waals surface area contributed by atoms with Gasteiger partial charge in [-0.15, -0.1) is 0 Å². The summed E-state index contributed by atoms with van der Waals surface area (Å²) in [5.41, 5.74) is -2.31. The van der Waals surface area contributed by atoms with Crippen LogP contribution in [0, 0.1) is 11.3 Å². The van der Waals surface area contributed by atoms with E-state index >= 15 is 0 Å². The highest BCUT2D eigenvalue weighted by Crippen LogP contribution is 2.29. The molecule has 0 radical (unpaired) electrons. The van der Waals surface area contributed by atoms with E-state index in [1.807, 2.05) is 0 Å². The number of nitrogens with one attached hydrogen (secondary N) is 1. The number of halogens is 3. The number of hydrogen-bond donors (Lipinski definition) is 2. The van der Waals surface area contributed by atoms with Crippen molar-refractivity contribution in [2.75, 3.05) is 0 Å². The van der Waals surface area contributed by atoms with Crippen LogP contribution in [0.4, 0.5) is 13.2 Å². The Bertz CT molecular complexity index is 494. The second-order valence-corrected chi connectivity index (χ2v) is 3.91. The van der Waals surface area contributed by atoms with Gasteiger partial charge in [0.05, 0.1) is 12.2 Å². The first-order valence-corrected chi connectivity index (χ1v) is 5.28. The molecule has 1 aromatic carbocycles. The molecule has 0 heterocycles. The zero-order chi connectivity index (χ0) is 14.7. The lowest BCUT2D eigenvalue weighted by Gasteiger charge is -2.29. The zero-order valence-electron chi connectivity index (χ0n) is 9.90. The highest BCUT2D eigenvalue weighted by atomic mass is 19.4. The summed E-state index contributed by atoms with van der Waals surface area (Å²) in [5, 5.41) is 19.5. The fraction of sp³-hybridized carbons (Fsp3) is 0.333. The quantitative estimate of drug-likeness (QED) is 0.818. The van der Waals surface area contributed by atoms with Gasteiger partial charge in [0.1, 0.15) is 0 Å². The van der Waals surface area contributed by atoms with E-state index < -0.39 is 23.7 Å². The molecule has 19 heavy (non-hydrogen) atoms. The van der Waals surface area contributed by atoms with Crippen LogP contribution >= 0.6 is 0 Å². The molecule has 0 aliphatic heterocycles. The molecule has 0 saturated heterocycles. The first-order valence-electron chi connectivity index (χ1n) is 5.28. The van der Waals surface area contributed by atoms with Crippen molar-refractivity contribution in [1.82, 2.24) is 5.32 Å². The highest BCUT2D eigenvalue weighted by Gasteiger charge is 2.49. The van der Waals surface area contributed by atoms with E-state index in [-0.39, 0.29) is 5.56 Å². The molecule has 1 amide bonds. The van der Waals surface area contributed by atoms with Gasteiger partial charge < -0.3 is 5.11 Å². The minimum absolute atomic E-state index is 0.00532. The van der Waals surface area contributed by atoms with E-state index in [9.17, 15) is 23.1 Å². The molecular formula is C12H11F3N2O2. The van der Waals surface area contributed by atoms with Crippen LogP contribution < -0.4 is 5.32 Å². The number of benzene rings is 1. The Balaban J connectivity index is 3.30. The van der Waals surface area contributed by atoms with Crippen LogP contribution in [0.3, 0.4) is 0 Å². The van der Waals surface area contributed by atoms with Crippen molar-refractivity contribution in [3.63, 3.8) is 0 Å². The van der Waals surface area contributed by atoms with Gasteiger partial charge in [0, 0.05) is 0 Å². The van der Waals surface area contributed by atoms with Crippen LogP contribution in [-0.2, 0) is 10.2 Å². The van der Waals surface area contributed by atoms with E-state index in [4.69, 9.17) is 5.26 Å². The predicted molar refractivity (Wildman–Crippen MR) is 59.6 cm³/mol. The lowest BCUT2D eigenvalue weighted by Crippen LogP contribution is -2.54. The van der Waals surface area contributed by atoms with Crippen molar-refractivity contribution >= 4 is 5.91 Å². The van der Waals surface area contributed by atoms with E-state index in [0.29, 0.717) is 0 Å². The second-order valence-electron chi connectivity index (χ2n) is 3.91. The van der Waals surface area contributed by atoms with Crippen molar-refractivity contribution < 1.29 is 23.1 Å². The molecular weight excluding hydrogens is 261 g/mol. The number of rotatable bonds is 3. The molecule has 2 N–H and O–H groups in total. The molecule has 7 heteroatoms. The summed E-state index contributed by atoms with van der Waals surface area (Å²) in [6, 6.07) is 8.62. The summed E-state index contributed by atoms with van der Waals surface area (Å²) in [7, 11) is 0. The van der Waals surface area contributed by atoms with Gasteiger partial charge in [-0.3, -0.25) is 10.1 Å². The van der Waals surface area contributed by atoms with E-state index in [1.54, 1.807) is 6.07 Å². The molecule has 2 unspecified atom stereocenters. The molecule has 1 aromatic rings. The lowest BCUT2D eigenvalue weighted by molar-refractivity contribution is -0.173. The van der Waals surface area contributed by atoms with Crippen molar-refractivity contribution in [1.29, 1.82) is 5.26 Å². The number of nitrogens with zero attached hydrogens (tertiary/aromatic N) is 1. The van der Waals surface area contributed by atoms with Crippen LogP contribution in [0.1, 0.15) is 12.5 Å². The summed E-state index contributed by atoms with van der Waals surface area (Å²) in [6.45, 7) is 1.09. The summed E-state index contributed by atoms with van der Waals surface area (Å²) in [4.78, 5) is 11.7. The highest BCUT2D eigenvalue weighted by molar-refractivity contribution is 5.92. The molecule has 0 aliphatic carbocycles. The molecule has 0 fully saturated rings. The van der Waals surface area contributed by atoms with Crippen molar-refractivity contribution in [3.05, 3.63) is 35.9 Å². The molecule has 4 nitrogen and oxygen atoms in total. The van der Waals surface area contributed by atoms with E-state index in [0.717, 1.165) is 12.2 Å². The maximum absolute atomic E-state index is 12.2. The molecule has 102 valence electrons. The number of nitriles is 1. The fourth-order valence-electron chi connectivity index (χ4n) is 1.70. The summed E-state index contributed by atoms with van der Waals surface area (Å²) < 4.78 is 36.7. The number of aliphatic hydroxyl groups excluding tert-OH is 1. The third-order valence-corrected chi connectivity index (χ3v) is 2.65. The number of carbonyl (C=O) groups is 1. The summed E-state index contributed by atoms with van der Waals surface area (Å²) in [5.74, 6) is -1.61. The Hall–Kier alpha value is -2.07. The maximum Gasteiger partial charge on any atom is 0.484 e.